The number of unbranched alkanes of at least 4 members (excludes halogenated alkanes) is 2. The lowest BCUT2D eigenvalue weighted by Gasteiger charge is -2.12. The first-order valence-electron chi connectivity index (χ1n) is 11.0. The van der Waals surface area contributed by atoms with Crippen molar-refractivity contribution in [3.8, 4) is 0 Å². The lowest BCUT2D eigenvalue weighted by atomic mass is 10.1. The van der Waals surface area contributed by atoms with Crippen LogP contribution in [0.5, 0.6) is 0 Å². The molecule has 0 atom stereocenters. The molecule has 5 nitrogen and oxygen atoms in total. The van der Waals surface area contributed by atoms with Crippen molar-refractivity contribution in [1.82, 2.24) is 9.55 Å². The normalized spacial score (nSPS) is 18.0. The number of carbonyl (C=O) groups is 1. The zero-order valence-corrected chi connectivity index (χ0v) is 18.7. The maximum absolute atomic E-state index is 11.8. The van der Waals surface area contributed by atoms with E-state index in [-0.39, 0.29) is 5.97 Å². The third-order valence-electron chi connectivity index (χ3n) is 4.85. The monoisotopic (exact) mass is 410 g/mol. The number of benzene rings is 1. The van der Waals surface area contributed by atoms with Crippen LogP contribution < -0.4 is 0 Å². The molecule has 1 heterocycles. The highest BCUT2D eigenvalue weighted by molar-refractivity contribution is 5.88. The fourth-order valence-corrected chi connectivity index (χ4v) is 3.31. The Hall–Kier alpha value is -2.82. The molecule has 0 radical (unpaired) electrons. The summed E-state index contributed by atoms with van der Waals surface area (Å²) in [5.41, 5.74) is 2.79. The number of para-hydroxylation sites is 2. The quantitative estimate of drug-likeness (QED) is 0.390. The number of aromatic nitrogens is 2. The number of allylic oxidation sites excluding steroid dienone is 4. The molecule has 162 valence electrons. The fraction of sp³-hybridized carbons (Fsp3) is 0.440. The maximum atomic E-state index is 11.8. The SMILES string of the molecule is CC.CCCCCn1c(COC2=C/C=C(/C(=O)OC)CC/C=C\2)nc2ccccc21. The molecule has 30 heavy (non-hydrogen) atoms. The first-order valence-corrected chi connectivity index (χ1v) is 11.0. The second-order valence-corrected chi connectivity index (χ2v) is 6.86. The summed E-state index contributed by atoms with van der Waals surface area (Å²) in [5.74, 6) is 1.35. The minimum absolute atomic E-state index is 0.288. The van der Waals surface area contributed by atoms with Crippen molar-refractivity contribution in [2.75, 3.05) is 7.11 Å². The minimum atomic E-state index is -0.288. The van der Waals surface area contributed by atoms with Crippen LogP contribution in [0.3, 0.4) is 0 Å². The Bertz CT molecular complexity index is 906. The number of esters is 1. The van der Waals surface area contributed by atoms with Crippen LogP contribution in [0.4, 0.5) is 0 Å². The number of imidazole rings is 1. The number of nitrogens with zero attached hydrogens (tertiary/aromatic N) is 2. The van der Waals surface area contributed by atoms with Gasteiger partial charge in [-0.3, -0.25) is 0 Å². The standard InChI is InChI=1S/C23H28N2O3.C2H6/c1-3-4-9-16-25-21-13-8-7-12-20(21)24-22(25)17-28-19-11-6-5-10-18(14-15-19)23(26)27-2;1-2/h6-8,11-15H,3-5,9-10,16-17H2,1-2H3;1-2H3/b11-6-,18-14+,19-15+;. The summed E-state index contributed by atoms with van der Waals surface area (Å²) >= 11 is 0. The van der Waals surface area contributed by atoms with E-state index in [1.165, 1.54) is 20.0 Å². The highest BCUT2D eigenvalue weighted by Gasteiger charge is 2.12. The van der Waals surface area contributed by atoms with E-state index in [4.69, 9.17) is 14.5 Å². The number of hydrogen-bond donors (Lipinski definition) is 0. The highest BCUT2D eigenvalue weighted by Crippen LogP contribution is 2.20. The van der Waals surface area contributed by atoms with Gasteiger partial charge in [0.25, 0.3) is 0 Å². The summed E-state index contributed by atoms with van der Waals surface area (Å²) in [6, 6.07) is 8.20. The van der Waals surface area contributed by atoms with Gasteiger partial charge in [-0.1, -0.05) is 51.8 Å². The number of rotatable bonds is 8. The van der Waals surface area contributed by atoms with Crippen LogP contribution in [0.1, 0.15) is 58.7 Å². The smallest absolute Gasteiger partial charge is 0.333 e. The summed E-state index contributed by atoms with van der Waals surface area (Å²) in [6.45, 7) is 7.53. The molecular weight excluding hydrogens is 376 g/mol. The van der Waals surface area contributed by atoms with Crippen molar-refractivity contribution in [1.29, 1.82) is 0 Å². The van der Waals surface area contributed by atoms with Gasteiger partial charge in [-0.25, -0.2) is 9.78 Å². The van der Waals surface area contributed by atoms with Crippen molar-refractivity contribution in [2.24, 2.45) is 0 Å². The van der Waals surface area contributed by atoms with Crippen LogP contribution in [0, 0.1) is 0 Å². The van der Waals surface area contributed by atoms with Gasteiger partial charge in [0.1, 0.15) is 18.2 Å². The van der Waals surface area contributed by atoms with Crippen LogP contribution in [-0.2, 0) is 27.4 Å². The van der Waals surface area contributed by atoms with E-state index in [9.17, 15) is 4.79 Å². The first kappa shape index (κ1) is 23.5. The minimum Gasteiger partial charge on any atom is -0.486 e. The molecule has 0 spiro atoms. The molecule has 0 saturated heterocycles. The van der Waals surface area contributed by atoms with Crippen LogP contribution in [0.25, 0.3) is 11.0 Å². The van der Waals surface area contributed by atoms with Gasteiger partial charge in [-0.2, -0.15) is 0 Å². The summed E-state index contributed by atoms with van der Waals surface area (Å²) in [7, 11) is 1.40. The molecule has 0 amide bonds. The summed E-state index contributed by atoms with van der Waals surface area (Å²) < 4.78 is 13.1. The molecule has 3 rings (SSSR count). The molecule has 1 aliphatic carbocycles. The predicted molar refractivity (Wildman–Crippen MR) is 122 cm³/mol. The topological polar surface area (TPSA) is 53.4 Å². The van der Waals surface area contributed by atoms with Gasteiger partial charge in [0.05, 0.1) is 18.1 Å². The Morgan fingerprint density at radius 2 is 1.97 bits per heavy atom. The molecule has 0 saturated carbocycles. The predicted octanol–water partition coefficient (Wildman–Crippen LogP) is 6.10. The zero-order chi connectivity index (χ0) is 21.8. The van der Waals surface area contributed by atoms with Gasteiger partial charge < -0.3 is 14.0 Å². The number of carbonyl (C=O) groups excluding carboxylic acids is 1. The summed E-state index contributed by atoms with van der Waals surface area (Å²) in [6.07, 6.45) is 12.5. The molecule has 1 aromatic heterocycles. The number of methoxy groups -OCH3 is 1. The lowest BCUT2D eigenvalue weighted by Crippen LogP contribution is -2.07. The van der Waals surface area contributed by atoms with E-state index in [1.807, 2.05) is 50.3 Å². The molecule has 5 heteroatoms. The number of ether oxygens (including phenoxy) is 2. The average Bonchev–Trinajstić information content (AvgIpc) is 3.12. The molecule has 2 aromatic rings. The molecular formula is C25H34N2O3. The van der Waals surface area contributed by atoms with Crippen molar-refractivity contribution in [3.05, 3.63) is 65.7 Å². The van der Waals surface area contributed by atoms with Gasteiger partial charge >= 0.3 is 5.97 Å². The van der Waals surface area contributed by atoms with Crippen LogP contribution in [0.15, 0.2) is 59.9 Å². The summed E-state index contributed by atoms with van der Waals surface area (Å²) in [4.78, 5) is 16.6. The first-order chi connectivity index (χ1) is 14.7. The van der Waals surface area contributed by atoms with Gasteiger partial charge in [0.15, 0.2) is 0 Å². The maximum Gasteiger partial charge on any atom is 0.333 e. The molecule has 0 fully saturated rings. The third kappa shape index (κ3) is 6.34. The fourth-order valence-electron chi connectivity index (χ4n) is 3.31. The Kier molecular flexibility index (Phi) is 9.92. The van der Waals surface area contributed by atoms with E-state index in [2.05, 4.69) is 17.6 Å². The molecule has 0 unspecified atom stereocenters. The second-order valence-electron chi connectivity index (χ2n) is 6.86. The van der Waals surface area contributed by atoms with Gasteiger partial charge in [-0.15, -0.1) is 0 Å². The third-order valence-corrected chi connectivity index (χ3v) is 4.85. The second kappa shape index (κ2) is 12.7. The van der Waals surface area contributed by atoms with Gasteiger partial charge in [0.2, 0.25) is 0 Å². The Morgan fingerprint density at radius 3 is 2.73 bits per heavy atom. The van der Waals surface area contributed by atoms with Gasteiger partial charge in [-0.05, 0) is 49.6 Å². The van der Waals surface area contributed by atoms with E-state index >= 15 is 0 Å². The Balaban J connectivity index is 0.00000155. The van der Waals surface area contributed by atoms with Crippen molar-refractivity contribution >= 4 is 17.0 Å². The highest BCUT2D eigenvalue weighted by atomic mass is 16.5. The lowest BCUT2D eigenvalue weighted by molar-refractivity contribution is -0.136. The van der Waals surface area contributed by atoms with E-state index in [1.54, 1.807) is 6.08 Å². The van der Waals surface area contributed by atoms with Crippen LogP contribution in [-0.4, -0.2) is 22.6 Å². The van der Waals surface area contributed by atoms with E-state index < -0.39 is 0 Å². The van der Waals surface area contributed by atoms with E-state index in [0.717, 1.165) is 36.2 Å². The Morgan fingerprint density at radius 1 is 1.17 bits per heavy atom. The molecule has 0 bridgehead atoms. The van der Waals surface area contributed by atoms with Crippen molar-refractivity contribution in [3.63, 3.8) is 0 Å². The largest absolute Gasteiger partial charge is 0.486 e. The van der Waals surface area contributed by atoms with Crippen LogP contribution >= 0.6 is 0 Å². The van der Waals surface area contributed by atoms with E-state index in [0.29, 0.717) is 24.4 Å². The summed E-state index contributed by atoms with van der Waals surface area (Å²) in [5, 5.41) is 0. The van der Waals surface area contributed by atoms with Gasteiger partial charge in [0, 0.05) is 12.1 Å². The average molecular weight is 411 g/mol. The zero-order valence-electron chi connectivity index (χ0n) is 18.7. The van der Waals surface area contributed by atoms with Crippen molar-refractivity contribution in [2.45, 2.75) is 66.0 Å². The van der Waals surface area contributed by atoms with Crippen molar-refractivity contribution < 1.29 is 14.3 Å². The van der Waals surface area contributed by atoms with Crippen LogP contribution in [0.2, 0.25) is 0 Å². The molecule has 1 aromatic carbocycles. The molecule has 0 aliphatic heterocycles. The number of aryl methyl sites for hydroxylation is 1. The number of hydrogen-bond acceptors (Lipinski definition) is 4. The molecule has 0 N–H and O–H groups in total. The number of fused-ring (bicyclic) bond motifs is 1. The molecule has 1 aliphatic rings. The Labute approximate surface area is 180 Å².